The monoisotopic (exact) mass is 329 g/mol. The molecule has 2 fully saturated rings. The van der Waals surface area contributed by atoms with Crippen molar-refractivity contribution in [3.8, 4) is 0 Å². The van der Waals surface area contributed by atoms with Gasteiger partial charge >= 0.3 is 0 Å². The van der Waals surface area contributed by atoms with Gasteiger partial charge in [0.15, 0.2) is 0 Å². The van der Waals surface area contributed by atoms with Crippen molar-refractivity contribution in [3.63, 3.8) is 0 Å². The molecule has 130 valence electrons. The molecule has 3 rings (SSSR count). The van der Waals surface area contributed by atoms with Crippen LogP contribution < -0.4 is 10.6 Å². The zero-order chi connectivity index (χ0) is 17.3. The lowest BCUT2D eigenvalue weighted by atomic mass is 9.99. The molecule has 0 aromatic heterocycles. The summed E-state index contributed by atoms with van der Waals surface area (Å²) in [5.41, 5.74) is 2.47. The van der Waals surface area contributed by atoms with E-state index in [1.54, 1.807) is 4.90 Å². The van der Waals surface area contributed by atoms with Crippen molar-refractivity contribution in [1.82, 2.24) is 15.5 Å². The predicted molar refractivity (Wildman–Crippen MR) is 93.3 cm³/mol. The van der Waals surface area contributed by atoms with Crippen LogP contribution in [0.15, 0.2) is 24.3 Å². The summed E-state index contributed by atoms with van der Waals surface area (Å²) in [5, 5.41) is 6.42. The first-order valence-electron chi connectivity index (χ1n) is 8.84. The Labute approximate surface area is 143 Å². The molecule has 2 saturated heterocycles. The predicted octanol–water partition coefficient (Wildman–Crippen LogP) is 1.60. The first-order chi connectivity index (χ1) is 11.4. The van der Waals surface area contributed by atoms with Gasteiger partial charge in [0, 0.05) is 19.1 Å². The third-order valence-electron chi connectivity index (χ3n) is 4.89. The Morgan fingerprint density at radius 1 is 1.33 bits per heavy atom. The summed E-state index contributed by atoms with van der Waals surface area (Å²) in [7, 11) is 0. The summed E-state index contributed by atoms with van der Waals surface area (Å²) in [5.74, 6) is 0.460. The van der Waals surface area contributed by atoms with Crippen LogP contribution in [0.25, 0.3) is 0 Å². The van der Waals surface area contributed by atoms with Gasteiger partial charge in [0.05, 0.1) is 0 Å². The number of rotatable bonds is 5. The van der Waals surface area contributed by atoms with Gasteiger partial charge in [-0.25, -0.2) is 0 Å². The number of nitrogens with one attached hydrogen (secondary N) is 2. The lowest BCUT2D eigenvalue weighted by molar-refractivity contribution is -0.147. The molecule has 3 atom stereocenters. The minimum absolute atomic E-state index is 0.0000977. The van der Waals surface area contributed by atoms with E-state index in [0.717, 1.165) is 6.54 Å². The van der Waals surface area contributed by atoms with Gasteiger partial charge in [0.2, 0.25) is 11.8 Å². The highest BCUT2D eigenvalue weighted by Gasteiger charge is 2.46. The first-order valence-corrected chi connectivity index (χ1v) is 8.84. The number of benzene rings is 1. The van der Waals surface area contributed by atoms with E-state index in [0.29, 0.717) is 25.3 Å². The highest BCUT2D eigenvalue weighted by atomic mass is 16.2. The molecule has 2 heterocycles. The Balaban J connectivity index is 1.61. The first kappa shape index (κ1) is 17.0. The molecular weight excluding hydrogens is 302 g/mol. The molecule has 0 saturated carbocycles. The number of fused-ring (bicyclic) bond motifs is 1. The number of piperazine rings is 1. The van der Waals surface area contributed by atoms with Crippen LogP contribution in [0.1, 0.15) is 37.8 Å². The summed E-state index contributed by atoms with van der Waals surface area (Å²) < 4.78 is 0. The topological polar surface area (TPSA) is 61.4 Å². The Bertz CT molecular complexity index is 629. The highest BCUT2D eigenvalue weighted by Crippen LogP contribution is 2.25. The number of hydrogen-bond donors (Lipinski definition) is 2. The van der Waals surface area contributed by atoms with Crippen molar-refractivity contribution in [1.29, 1.82) is 0 Å². The van der Waals surface area contributed by atoms with Crippen LogP contribution in [0, 0.1) is 12.8 Å². The van der Waals surface area contributed by atoms with Crippen molar-refractivity contribution in [2.75, 3.05) is 6.54 Å². The lowest BCUT2D eigenvalue weighted by Crippen LogP contribution is -2.61. The Hall–Kier alpha value is -1.88. The Kier molecular flexibility index (Phi) is 4.90. The van der Waals surface area contributed by atoms with Gasteiger partial charge in [0.1, 0.15) is 12.1 Å². The van der Waals surface area contributed by atoms with Crippen LogP contribution >= 0.6 is 0 Å². The van der Waals surface area contributed by atoms with Crippen LogP contribution in [0.5, 0.6) is 0 Å². The van der Waals surface area contributed by atoms with E-state index in [9.17, 15) is 9.59 Å². The molecule has 0 spiro atoms. The van der Waals surface area contributed by atoms with Crippen molar-refractivity contribution in [3.05, 3.63) is 35.4 Å². The number of carbonyl (C=O) groups excluding carboxylic acids is 2. The fourth-order valence-corrected chi connectivity index (χ4v) is 3.72. The molecule has 2 aliphatic rings. The van der Waals surface area contributed by atoms with Gasteiger partial charge in [0.25, 0.3) is 0 Å². The molecule has 2 amide bonds. The molecule has 0 radical (unpaired) electrons. The van der Waals surface area contributed by atoms with Gasteiger partial charge in [-0.15, -0.1) is 0 Å². The van der Waals surface area contributed by atoms with E-state index >= 15 is 0 Å². The lowest BCUT2D eigenvalue weighted by Gasteiger charge is -2.35. The number of hydrogen-bond acceptors (Lipinski definition) is 3. The summed E-state index contributed by atoms with van der Waals surface area (Å²) in [4.78, 5) is 26.8. The Morgan fingerprint density at radius 3 is 2.83 bits per heavy atom. The van der Waals surface area contributed by atoms with Crippen LogP contribution in [0.4, 0.5) is 0 Å². The number of carbonyl (C=O) groups is 2. The molecule has 0 aliphatic carbocycles. The standard InChI is InChI=1S/C19H27N3O2/c1-12(2)7-16-19(24)22-11-15(9-17(22)18(23)21-16)20-10-14-6-4-5-13(3)8-14/h4-6,8,12,15-17,20H,7,9-11H2,1-3H3,(H,21,23)/t15-,16-,17-/m0/s1. The third kappa shape index (κ3) is 3.61. The number of amides is 2. The second-order valence-corrected chi connectivity index (χ2v) is 7.50. The quantitative estimate of drug-likeness (QED) is 0.862. The second kappa shape index (κ2) is 6.93. The SMILES string of the molecule is Cc1cccc(CN[C@H]2C[C@H]3C(=O)N[C@@H](CC(C)C)C(=O)N3C2)c1. The van der Waals surface area contributed by atoms with E-state index in [4.69, 9.17) is 0 Å². The average molecular weight is 329 g/mol. The Morgan fingerprint density at radius 2 is 2.12 bits per heavy atom. The molecule has 1 aromatic carbocycles. The van der Waals surface area contributed by atoms with Crippen LogP contribution in [0.3, 0.4) is 0 Å². The van der Waals surface area contributed by atoms with E-state index in [1.807, 2.05) is 0 Å². The van der Waals surface area contributed by atoms with Crippen molar-refractivity contribution in [2.24, 2.45) is 5.92 Å². The molecule has 2 aliphatic heterocycles. The van der Waals surface area contributed by atoms with Gasteiger partial charge in [-0.05, 0) is 31.2 Å². The maximum Gasteiger partial charge on any atom is 0.245 e. The number of aryl methyl sites for hydroxylation is 1. The van der Waals surface area contributed by atoms with Gasteiger partial charge in [-0.3, -0.25) is 9.59 Å². The molecule has 1 aromatic rings. The number of nitrogens with zero attached hydrogens (tertiary/aromatic N) is 1. The zero-order valence-electron chi connectivity index (χ0n) is 14.7. The van der Waals surface area contributed by atoms with E-state index in [-0.39, 0.29) is 29.9 Å². The molecule has 0 unspecified atom stereocenters. The molecule has 0 bridgehead atoms. The van der Waals surface area contributed by atoms with Crippen molar-refractivity contribution >= 4 is 11.8 Å². The average Bonchev–Trinajstić information content (AvgIpc) is 2.95. The molecule has 5 nitrogen and oxygen atoms in total. The fraction of sp³-hybridized carbons (Fsp3) is 0.579. The normalized spacial score (nSPS) is 26.7. The maximum atomic E-state index is 12.6. The van der Waals surface area contributed by atoms with E-state index in [2.05, 4.69) is 55.7 Å². The van der Waals surface area contributed by atoms with Crippen LogP contribution in [-0.2, 0) is 16.1 Å². The molecule has 2 N–H and O–H groups in total. The summed E-state index contributed by atoms with van der Waals surface area (Å²) >= 11 is 0. The summed E-state index contributed by atoms with van der Waals surface area (Å²) in [6.45, 7) is 7.61. The zero-order valence-corrected chi connectivity index (χ0v) is 14.7. The molecular formula is C19H27N3O2. The van der Waals surface area contributed by atoms with Crippen LogP contribution in [0.2, 0.25) is 0 Å². The van der Waals surface area contributed by atoms with Gasteiger partial charge in [-0.2, -0.15) is 0 Å². The smallest absolute Gasteiger partial charge is 0.245 e. The van der Waals surface area contributed by atoms with Crippen LogP contribution in [-0.4, -0.2) is 41.4 Å². The van der Waals surface area contributed by atoms with Gasteiger partial charge < -0.3 is 15.5 Å². The van der Waals surface area contributed by atoms with E-state index in [1.165, 1.54) is 11.1 Å². The third-order valence-corrected chi connectivity index (χ3v) is 4.89. The van der Waals surface area contributed by atoms with Gasteiger partial charge in [-0.1, -0.05) is 43.7 Å². The summed E-state index contributed by atoms with van der Waals surface area (Å²) in [6.07, 6.45) is 1.40. The molecule has 24 heavy (non-hydrogen) atoms. The van der Waals surface area contributed by atoms with E-state index < -0.39 is 0 Å². The summed E-state index contributed by atoms with van der Waals surface area (Å²) in [6, 6.07) is 7.89. The molecule has 5 heteroatoms. The fourth-order valence-electron chi connectivity index (χ4n) is 3.72. The largest absolute Gasteiger partial charge is 0.342 e. The minimum atomic E-state index is -0.357. The maximum absolute atomic E-state index is 12.6. The minimum Gasteiger partial charge on any atom is -0.342 e. The van der Waals surface area contributed by atoms with Crippen molar-refractivity contribution in [2.45, 2.75) is 58.3 Å². The second-order valence-electron chi connectivity index (χ2n) is 7.50. The van der Waals surface area contributed by atoms with Crippen molar-refractivity contribution < 1.29 is 9.59 Å². The highest BCUT2D eigenvalue weighted by molar-refractivity contribution is 5.97.